The lowest BCUT2D eigenvalue weighted by Gasteiger charge is -2.25. The van der Waals surface area contributed by atoms with Crippen molar-refractivity contribution in [1.82, 2.24) is 4.31 Å². The van der Waals surface area contributed by atoms with Gasteiger partial charge in [-0.1, -0.05) is 11.6 Å². The van der Waals surface area contributed by atoms with Crippen molar-refractivity contribution in [2.45, 2.75) is 4.90 Å². The minimum Gasteiger partial charge on any atom is -0.379 e. The van der Waals surface area contributed by atoms with Gasteiger partial charge in [-0.2, -0.15) is 4.31 Å². The first-order chi connectivity index (χ1) is 7.60. The Morgan fingerprint density at radius 2 is 1.69 bits per heavy atom. The van der Waals surface area contributed by atoms with E-state index in [0.717, 1.165) is 0 Å². The monoisotopic (exact) mass is 261 g/mol. The van der Waals surface area contributed by atoms with Gasteiger partial charge in [-0.25, -0.2) is 8.42 Å². The quantitative estimate of drug-likeness (QED) is 0.808. The van der Waals surface area contributed by atoms with Crippen LogP contribution in [-0.4, -0.2) is 39.0 Å². The van der Waals surface area contributed by atoms with Gasteiger partial charge in [-0.3, -0.25) is 0 Å². The molecule has 1 fully saturated rings. The van der Waals surface area contributed by atoms with Crippen LogP contribution in [0.3, 0.4) is 0 Å². The van der Waals surface area contributed by atoms with E-state index in [4.69, 9.17) is 16.3 Å². The molecule has 1 aliphatic heterocycles. The van der Waals surface area contributed by atoms with Crippen LogP contribution >= 0.6 is 11.6 Å². The van der Waals surface area contributed by atoms with Gasteiger partial charge >= 0.3 is 0 Å². The van der Waals surface area contributed by atoms with E-state index in [9.17, 15) is 8.42 Å². The molecule has 4 nitrogen and oxygen atoms in total. The summed E-state index contributed by atoms with van der Waals surface area (Å²) in [5.74, 6) is 0. The number of rotatable bonds is 2. The van der Waals surface area contributed by atoms with Crippen molar-refractivity contribution in [2.75, 3.05) is 26.3 Å². The van der Waals surface area contributed by atoms with Gasteiger partial charge < -0.3 is 4.74 Å². The molecule has 0 atom stereocenters. The third-order valence-corrected chi connectivity index (χ3v) is 4.59. The molecule has 0 amide bonds. The lowest BCUT2D eigenvalue weighted by atomic mass is 10.4. The molecule has 0 N–H and O–H groups in total. The molecule has 0 bridgehead atoms. The van der Waals surface area contributed by atoms with Gasteiger partial charge in [-0.05, 0) is 24.3 Å². The predicted molar refractivity (Wildman–Crippen MR) is 61.0 cm³/mol. The molecule has 1 aliphatic rings. The smallest absolute Gasteiger partial charge is 0.243 e. The Balaban J connectivity index is 2.27. The fourth-order valence-electron chi connectivity index (χ4n) is 1.54. The summed E-state index contributed by atoms with van der Waals surface area (Å²) < 4.78 is 30.8. The summed E-state index contributed by atoms with van der Waals surface area (Å²) in [6.45, 7) is 1.72. The van der Waals surface area contributed by atoms with Gasteiger partial charge in [0.2, 0.25) is 10.0 Å². The molecular formula is C10H12ClNO3S. The van der Waals surface area contributed by atoms with Crippen molar-refractivity contribution in [3.05, 3.63) is 29.3 Å². The van der Waals surface area contributed by atoms with Gasteiger partial charge in [0.15, 0.2) is 0 Å². The maximum absolute atomic E-state index is 12.1. The van der Waals surface area contributed by atoms with E-state index in [-0.39, 0.29) is 4.90 Å². The number of sulfonamides is 1. The van der Waals surface area contributed by atoms with E-state index >= 15 is 0 Å². The van der Waals surface area contributed by atoms with Crippen molar-refractivity contribution in [3.63, 3.8) is 0 Å². The van der Waals surface area contributed by atoms with Crippen molar-refractivity contribution in [2.24, 2.45) is 0 Å². The zero-order chi connectivity index (χ0) is 11.6. The van der Waals surface area contributed by atoms with Crippen LogP contribution in [-0.2, 0) is 14.8 Å². The molecule has 0 unspecified atom stereocenters. The number of halogens is 1. The summed E-state index contributed by atoms with van der Waals surface area (Å²) in [5, 5.41) is 0.529. The van der Waals surface area contributed by atoms with Gasteiger partial charge in [0.25, 0.3) is 0 Å². The number of ether oxygens (including phenoxy) is 1. The first-order valence-corrected chi connectivity index (χ1v) is 6.76. The van der Waals surface area contributed by atoms with Crippen LogP contribution in [0.2, 0.25) is 5.02 Å². The predicted octanol–water partition coefficient (Wildman–Crippen LogP) is 1.36. The van der Waals surface area contributed by atoms with Crippen LogP contribution in [0.25, 0.3) is 0 Å². The van der Waals surface area contributed by atoms with Crippen molar-refractivity contribution in [3.8, 4) is 0 Å². The Hall–Kier alpha value is -0.620. The van der Waals surface area contributed by atoms with Gasteiger partial charge in [0, 0.05) is 18.1 Å². The molecule has 1 aromatic carbocycles. The molecule has 2 rings (SSSR count). The van der Waals surface area contributed by atoms with Crippen LogP contribution in [0.15, 0.2) is 29.2 Å². The minimum atomic E-state index is -3.38. The number of morpholine rings is 1. The molecule has 1 aromatic rings. The molecule has 0 radical (unpaired) electrons. The summed E-state index contributed by atoms with van der Waals surface area (Å²) in [6.07, 6.45) is 0. The molecule has 88 valence electrons. The largest absolute Gasteiger partial charge is 0.379 e. The van der Waals surface area contributed by atoms with Crippen molar-refractivity contribution in [1.29, 1.82) is 0 Å². The standard InChI is InChI=1S/C10H12ClNO3S/c11-9-1-3-10(4-2-9)16(13,14)12-5-7-15-8-6-12/h1-4H,5-8H2. The van der Waals surface area contributed by atoms with E-state index in [1.54, 1.807) is 12.1 Å². The second-order valence-corrected chi connectivity index (χ2v) is 5.84. The van der Waals surface area contributed by atoms with Crippen LogP contribution < -0.4 is 0 Å². The SMILES string of the molecule is O=S(=O)(c1ccc(Cl)cc1)N1CCOCC1. The Labute approximate surface area is 99.8 Å². The first kappa shape index (κ1) is 11.9. The molecular weight excluding hydrogens is 250 g/mol. The Kier molecular flexibility index (Phi) is 3.49. The highest BCUT2D eigenvalue weighted by atomic mass is 35.5. The Morgan fingerprint density at radius 3 is 2.25 bits per heavy atom. The van der Waals surface area contributed by atoms with Crippen molar-refractivity contribution >= 4 is 21.6 Å². The van der Waals surface area contributed by atoms with Gasteiger partial charge in [0.05, 0.1) is 18.1 Å². The van der Waals surface area contributed by atoms with Crippen LogP contribution in [0.1, 0.15) is 0 Å². The summed E-state index contributed by atoms with van der Waals surface area (Å²) in [4.78, 5) is 0.277. The molecule has 0 spiro atoms. The molecule has 0 aromatic heterocycles. The maximum atomic E-state index is 12.1. The average Bonchev–Trinajstić information content (AvgIpc) is 2.31. The maximum Gasteiger partial charge on any atom is 0.243 e. The first-order valence-electron chi connectivity index (χ1n) is 4.94. The van der Waals surface area contributed by atoms with E-state index in [2.05, 4.69) is 0 Å². The fourth-order valence-corrected chi connectivity index (χ4v) is 3.08. The zero-order valence-corrected chi connectivity index (χ0v) is 10.2. The second-order valence-electron chi connectivity index (χ2n) is 3.47. The van der Waals surface area contributed by atoms with E-state index in [1.165, 1.54) is 16.4 Å². The van der Waals surface area contributed by atoms with Gasteiger partial charge in [-0.15, -0.1) is 0 Å². The highest BCUT2D eigenvalue weighted by Gasteiger charge is 2.25. The summed E-state index contributed by atoms with van der Waals surface area (Å²) in [7, 11) is -3.38. The molecule has 6 heteroatoms. The number of nitrogens with zero attached hydrogens (tertiary/aromatic N) is 1. The van der Waals surface area contributed by atoms with Crippen molar-refractivity contribution < 1.29 is 13.2 Å². The normalized spacial score (nSPS) is 18.6. The third-order valence-electron chi connectivity index (χ3n) is 2.42. The number of hydrogen-bond donors (Lipinski definition) is 0. The molecule has 1 heterocycles. The van der Waals surface area contributed by atoms with E-state index in [1.807, 2.05) is 0 Å². The molecule has 16 heavy (non-hydrogen) atoms. The topological polar surface area (TPSA) is 46.6 Å². The lowest BCUT2D eigenvalue weighted by Crippen LogP contribution is -2.40. The summed E-state index contributed by atoms with van der Waals surface area (Å²) >= 11 is 5.72. The Morgan fingerprint density at radius 1 is 1.12 bits per heavy atom. The summed E-state index contributed by atoms with van der Waals surface area (Å²) in [5.41, 5.74) is 0. The molecule has 0 saturated carbocycles. The molecule has 0 aliphatic carbocycles. The zero-order valence-electron chi connectivity index (χ0n) is 8.60. The minimum absolute atomic E-state index is 0.277. The van der Waals surface area contributed by atoms with Gasteiger partial charge in [0.1, 0.15) is 0 Å². The second kappa shape index (κ2) is 4.71. The summed E-state index contributed by atoms with van der Waals surface area (Å²) in [6, 6.07) is 6.20. The number of benzene rings is 1. The lowest BCUT2D eigenvalue weighted by molar-refractivity contribution is 0.0730. The Bertz CT molecular complexity index is 451. The van der Waals surface area contributed by atoms with Crippen LogP contribution in [0.4, 0.5) is 0 Å². The fraction of sp³-hybridized carbons (Fsp3) is 0.400. The molecule has 1 saturated heterocycles. The highest BCUT2D eigenvalue weighted by molar-refractivity contribution is 7.89. The van der Waals surface area contributed by atoms with E-state index in [0.29, 0.717) is 31.3 Å². The van der Waals surface area contributed by atoms with Crippen LogP contribution in [0, 0.1) is 0 Å². The highest BCUT2D eigenvalue weighted by Crippen LogP contribution is 2.19. The number of hydrogen-bond acceptors (Lipinski definition) is 3. The van der Waals surface area contributed by atoms with E-state index < -0.39 is 10.0 Å². The average molecular weight is 262 g/mol. The third kappa shape index (κ3) is 2.38. The van der Waals surface area contributed by atoms with Crippen LogP contribution in [0.5, 0.6) is 0 Å².